The van der Waals surface area contributed by atoms with Crippen LogP contribution in [0.4, 0.5) is 4.39 Å². The largest absolute Gasteiger partial charge is 0.456 e. The Labute approximate surface area is 96.7 Å². The molecule has 1 nitrogen and oxygen atoms in total. The fraction of sp³-hybridized carbons (Fsp3) is 0. The number of allylic oxidation sites excluding steroid dienone is 3. The molecule has 0 radical (unpaired) electrons. The molecule has 0 fully saturated rings. The normalized spacial score (nSPS) is 10.9. The maximum absolute atomic E-state index is 12.9. The van der Waals surface area contributed by atoms with Gasteiger partial charge in [0.2, 0.25) is 0 Å². The predicted molar refractivity (Wildman–Crippen MR) is 63.4 cm³/mol. The van der Waals surface area contributed by atoms with E-state index in [1.165, 1.54) is 12.1 Å². The van der Waals surface area contributed by atoms with Crippen LogP contribution in [0.25, 0.3) is 0 Å². The molecule has 0 aliphatic rings. The van der Waals surface area contributed by atoms with Gasteiger partial charge in [0.15, 0.2) is 0 Å². The van der Waals surface area contributed by atoms with Gasteiger partial charge in [-0.25, -0.2) is 4.39 Å². The van der Waals surface area contributed by atoms with Gasteiger partial charge in [-0.15, -0.1) is 0 Å². The number of hydrogen-bond donors (Lipinski definition) is 0. The van der Waals surface area contributed by atoms with Gasteiger partial charge in [0.1, 0.15) is 17.3 Å². The molecular weight excluding hydrogens is 259 g/mol. The van der Waals surface area contributed by atoms with Gasteiger partial charge in [0.25, 0.3) is 0 Å². The molecule has 0 unspecified atom stereocenters. The van der Waals surface area contributed by atoms with Gasteiger partial charge in [-0.3, -0.25) is 0 Å². The summed E-state index contributed by atoms with van der Waals surface area (Å²) in [4.78, 5) is 0. The van der Waals surface area contributed by atoms with Crippen LogP contribution >= 0.6 is 15.9 Å². The first-order valence-corrected chi connectivity index (χ1v) is 5.03. The summed E-state index contributed by atoms with van der Waals surface area (Å²) in [5.41, 5.74) is 0. The summed E-state index contributed by atoms with van der Waals surface area (Å²) in [7, 11) is 0. The van der Waals surface area contributed by atoms with Crippen molar-refractivity contribution in [2.75, 3.05) is 0 Å². The van der Waals surface area contributed by atoms with Gasteiger partial charge in [0, 0.05) is 6.07 Å². The SMILES string of the molecule is C=C/C=C(/Oc1cccc(F)c1)C(=C)Br. The van der Waals surface area contributed by atoms with Crippen molar-refractivity contribution < 1.29 is 9.13 Å². The molecule has 78 valence electrons. The van der Waals surface area contributed by atoms with Crippen LogP contribution in [0.5, 0.6) is 5.75 Å². The van der Waals surface area contributed by atoms with Crippen molar-refractivity contribution in [3.8, 4) is 5.75 Å². The second-order valence-electron chi connectivity index (χ2n) is 2.73. The Hall–Kier alpha value is -1.35. The average molecular weight is 269 g/mol. The molecule has 1 rings (SSSR count). The minimum absolute atomic E-state index is 0.342. The molecule has 1 aromatic carbocycles. The van der Waals surface area contributed by atoms with Gasteiger partial charge in [-0.1, -0.05) is 25.3 Å². The third kappa shape index (κ3) is 3.72. The second kappa shape index (κ2) is 5.51. The molecular formula is C12H10BrFO. The third-order valence-electron chi connectivity index (χ3n) is 1.56. The summed E-state index contributed by atoms with van der Waals surface area (Å²) in [5.74, 6) is 0.574. The molecule has 0 spiro atoms. The van der Waals surface area contributed by atoms with Crippen molar-refractivity contribution in [3.63, 3.8) is 0 Å². The highest BCUT2D eigenvalue weighted by Gasteiger charge is 2.02. The highest BCUT2D eigenvalue weighted by Crippen LogP contribution is 2.21. The maximum Gasteiger partial charge on any atom is 0.140 e. The molecule has 1 aromatic rings. The van der Waals surface area contributed by atoms with Gasteiger partial charge in [0.05, 0.1) is 4.48 Å². The van der Waals surface area contributed by atoms with E-state index in [2.05, 4.69) is 29.1 Å². The van der Waals surface area contributed by atoms with E-state index in [0.717, 1.165) is 0 Å². The monoisotopic (exact) mass is 268 g/mol. The Balaban J connectivity index is 2.88. The first-order valence-electron chi connectivity index (χ1n) is 4.24. The topological polar surface area (TPSA) is 9.23 Å². The lowest BCUT2D eigenvalue weighted by Crippen LogP contribution is -1.94. The van der Waals surface area contributed by atoms with Gasteiger partial charge < -0.3 is 4.74 Å². The van der Waals surface area contributed by atoms with E-state index in [1.807, 2.05) is 0 Å². The Kier molecular flexibility index (Phi) is 4.31. The first kappa shape index (κ1) is 11.7. The Morgan fingerprint density at radius 2 is 2.20 bits per heavy atom. The van der Waals surface area contributed by atoms with E-state index in [-0.39, 0.29) is 5.82 Å². The van der Waals surface area contributed by atoms with Crippen LogP contribution in [-0.4, -0.2) is 0 Å². The molecule has 0 amide bonds. The molecule has 0 bridgehead atoms. The average Bonchev–Trinajstić information content (AvgIpc) is 2.17. The Morgan fingerprint density at radius 1 is 1.47 bits per heavy atom. The number of ether oxygens (including phenoxy) is 1. The summed E-state index contributed by atoms with van der Waals surface area (Å²) in [6.45, 7) is 7.22. The zero-order valence-electron chi connectivity index (χ0n) is 8.04. The lowest BCUT2D eigenvalue weighted by molar-refractivity contribution is 0.439. The number of halogens is 2. The lowest BCUT2D eigenvalue weighted by Gasteiger charge is -2.07. The van der Waals surface area contributed by atoms with Crippen LogP contribution in [0.2, 0.25) is 0 Å². The van der Waals surface area contributed by atoms with E-state index in [0.29, 0.717) is 16.0 Å². The van der Waals surface area contributed by atoms with Gasteiger partial charge in [-0.2, -0.15) is 0 Å². The molecule has 0 saturated heterocycles. The summed E-state index contributed by atoms with van der Waals surface area (Å²) in [5, 5.41) is 0. The Bertz CT molecular complexity index is 410. The number of benzene rings is 1. The van der Waals surface area contributed by atoms with E-state index < -0.39 is 0 Å². The zero-order valence-corrected chi connectivity index (χ0v) is 9.63. The third-order valence-corrected chi connectivity index (χ3v) is 1.95. The van der Waals surface area contributed by atoms with Crippen LogP contribution in [-0.2, 0) is 0 Å². The highest BCUT2D eigenvalue weighted by molar-refractivity contribution is 9.11. The van der Waals surface area contributed by atoms with Crippen molar-refractivity contribution in [2.45, 2.75) is 0 Å². The fourth-order valence-corrected chi connectivity index (χ4v) is 1.16. The number of hydrogen-bond acceptors (Lipinski definition) is 1. The smallest absolute Gasteiger partial charge is 0.140 e. The quantitative estimate of drug-likeness (QED) is 0.588. The first-order chi connectivity index (χ1) is 7.13. The molecule has 0 heterocycles. The molecule has 0 saturated carbocycles. The molecule has 15 heavy (non-hydrogen) atoms. The van der Waals surface area contributed by atoms with Crippen LogP contribution in [0.15, 0.2) is 59.8 Å². The van der Waals surface area contributed by atoms with Crippen LogP contribution in [0, 0.1) is 5.82 Å². The molecule has 0 N–H and O–H groups in total. The maximum atomic E-state index is 12.9. The van der Waals surface area contributed by atoms with E-state index in [1.54, 1.807) is 24.3 Å². The minimum atomic E-state index is -0.342. The minimum Gasteiger partial charge on any atom is -0.456 e. The molecule has 0 atom stereocenters. The summed E-state index contributed by atoms with van der Waals surface area (Å²) < 4.78 is 18.8. The lowest BCUT2D eigenvalue weighted by atomic mass is 10.3. The van der Waals surface area contributed by atoms with Crippen molar-refractivity contribution in [1.82, 2.24) is 0 Å². The summed E-state index contributed by atoms with van der Waals surface area (Å²) in [6.07, 6.45) is 3.21. The molecule has 3 heteroatoms. The van der Waals surface area contributed by atoms with Crippen LogP contribution in [0.3, 0.4) is 0 Å². The highest BCUT2D eigenvalue weighted by atomic mass is 79.9. The second-order valence-corrected chi connectivity index (χ2v) is 3.69. The molecule has 0 aliphatic carbocycles. The van der Waals surface area contributed by atoms with Crippen molar-refractivity contribution in [2.24, 2.45) is 0 Å². The van der Waals surface area contributed by atoms with Gasteiger partial charge in [-0.05, 0) is 34.1 Å². The summed E-state index contributed by atoms with van der Waals surface area (Å²) >= 11 is 3.19. The molecule has 0 aliphatic heterocycles. The van der Waals surface area contributed by atoms with E-state index in [4.69, 9.17) is 4.74 Å². The zero-order chi connectivity index (χ0) is 11.3. The van der Waals surface area contributed by atoms with Crippen LogP contribution < -0.4 is 4.74 Å². The molecule has 0 aromatic heterocycles. The number of rotatable bonds is 4. The van der Waals surface area contributed by atoms with Crippen molar-refractivity contribution in [3.05, 3.63) is 65.6 Å². The standard InChI is InChI=1S/C12H10BrFO/c1-3-5-12(9(2)13)15-11-7-4-6-10(14)8-11/h3-8H,1-2H2/b12-5+. The van der Waals surface area contributed by atoms with Crippen molar-refractivity contribution >= 4 is 15.9 Å². The van der Waals surface area contributed by atoms with E-state index in [9.17, 15) is 4.39 Å². The Morgan fingerprint density at radius 3 is 2.73 bits per heavy atom. The van der Waals surface area contributed by atoms with Crippen molar-refractivity contribution in [1.29, 1.82) is 0 Å². The van der Waals surface area contributed by atoms with E-state index >= 15 is 0 Å². The summed E-state index contributed by atoms with van der Waals surface area (Å²) in [6, 6.07) is 5.89. The van der Waals surface area contributed by atoms with Crippen LogP contribution in [0.1, 0.15) is 0 Å². The fourth-order valence-electron chi connectivity index (χ4n) is 0.944. The van der Waals surface area contributed by atoms with Gasteiger partial charge >= 0.3 is 0 Å². The predicted octanol–water partition coefficient (Wildman–Crippen LogP) is 4.18.